The van der Waals surface area contributed by atoms with Gasteiger partial charge >= 0.3 is 0 Å². The Kier molecular flexibility index (Phi) is 7.32. The highest BCUT2D eigenvalue weighted by molar-refractivity contribution is 6.04. The van der Waals surface area contributed by atoms with Crippen molar-refractivity contribution in [2.75, 3.05) is 33.6 Å². The Morgan fingerprint density at radius 3 is 2.53 bits per heavy atom. The van der Waals surface area contributed by atoms with Crippen molar-refractivity contribution in [3.05, 3.63) is 95.1 Å². The smallest absolute Gasteiger partial charge is 0.262 e. The lowest BCUT2D eigenvalue weighted by Gasteiger charge is -2.27. The molecular weight excluding hydrogens is 496 g/mol. The number of halogens is 2. The van der Waals surface area contributed by atoms with Gasteiger partial charge in [-0.25, -0.2) is 13.8 Å². The quantitative estimate of drug-likeness (QED) is 0.445. The number of methoxy groups -OCH3 is 1. The minimum absolute atomic E-state index is 0.0574. The lowest BCUT2D eigenvalue weighted by atomic mass is 9.97. The van der Waals surface area contributed by atoms with E-state index in [4.69, 9.17) is 14.2 Å². The van der Waals surface area contributed by atoms with Gasteiger partial charge in [0.05, 0.1) is 23.9 Å². The van der Waals surface area contributed by atoms with Gasteiger partial charge in [-0.1, -0.05) is 36.4 Å². The van der Waals surface area contributed by atoms with Crippen LogP contribution in [-0.4, -0.2) is 61.0 Å². The van der Waals surface area contributed by atoms with E-state index in [0.29, 0.717) is 22.8 Å². The molecule has 0 saturated carbocycles. The summed E-state index contributed by atoms with van der Waals surface area (Å²) in [5.41, 5.74) is 1.23. The van der Waals surface area contributed by atoms with Crippen molar-refractivity contribution in [2.45, 2.75) is 12.5 Å². The number of benzene rings is 3. The molecule has 2 heterocycles. The molecule has 0 aliphatic carbocycles. The second-order valence-electron chi connectivity index (χ2n) is 8.80. The predicted octanol–water partition coefficient (Wildman–Crippen LogP) is 4.16. The van der Waals surface area contributed by atoms with Gasteiger partial charge in [-0.3, -0.25) is 9.59 Å². The molecule has 0 saturated heterocycles. The van der Waals surface area contributed by atoms with E-state index in [1.54, 1.807) is 42.5 Å². The molecule has 5 rings (SSSR count). The zero-order valence-electron chi connectivity index (χ0n) is 20.6. The van der Waals surface area contributed by atoms with E-state index in [2.05, 4.69) is 5.10 Å². The van der Waals surface area contributed by atoms with Gasteiger partial charge < -0.3 is 19.1 Å². The van der Waals surface area contributed by atoms with Crippen molar-refractivity contribution in [2.24, 2.45) is 5.10 Å². The van der Waals surface area contributed by atoms with E-state index in [9.17, 15) is 18.4 Å². The fraction of sp³-hybridized carbons (Fsp3) is 0.250. The third-order valence-electron chi connectivity index (χ3n) is 6.41. The predicted molar refractivity (Wildman–Crippen MR) is 134 cm³/mol. The maximum Gasteiger partial charge on any atom is 0.262 e. The third kappa shape index (κ3) is 5.08. The summed E-state index contributed by atoms with van der Waals surface area (Å²) in [6.07, 6.45) is 0.242. The number of nitrogens with zero attached hydrogens (tertiary/aromatic N) is 3. The van der Waals surface area contributed by atoms with Crippen molar-refractivity contribution in [3.8, 4) is 11.5 Å². The lowest BCUT2D eigenvalue weighted by molar-refractivity contribution is -0.133. The molecule has 10 heteroatoms. The number of fused-ring (bicyclic) bond motifs is 1. The maximum atomic E-state index is 14.6. The van der Waals surface area contributed by atoms with Crippen LogP contribution in [0.2, 0.25) is 0 Å². The zero-order chi connectivity index (χ0) is 26.6. The summed E-state index contributed by atoms with van der Waals surface area (Å²) in [5, 5.41) is 5.76. The van der Waals surface area contributed by atoms with Gasteiger partial charge in [0.1, 0.15) is 18.2 Å². The topological polar surface area (TPSA) is 80.7 Å². The third-order valence-corrected chi connectivity index (χ3v) is 6.41. The lowest BCUT2D eigenvalue weighted by Crippen LogP contribution is -2.43. The maximum absolute atomic E-state index is 14.6. The first kappa shape index (κ1) is 25.3. The number of amides is 2. The van der Waals surface area contributed by atoms with Crippen LogP contribution >= 0.6 is 0 Å². The largest absolute Gasteiger partial charge is 0.454 e. The van der Waals surface area contributed by atoms with Crippen molar-refractivity contribution >= 4 is 17.5 Å². The summed E-state index contributed by atoms with van der Waals surface area (Å²) < 4.78 is 45.0. The molecule has 0 N–H and O–H groups in total. The molecule has 0 bridgehead atoms. The molecule has 2 amide bonds. The summed E-state index contributed by atoms with van der Waals surface area (Å²) in [4.78, 5) is 28.1. The SMILES string of the molecule is COCCN(CC(=O)N1N=C(c2ccccc2F)CC1c1ccc2c(c1)OCO2)C(=O)c1ccccc1F. The minimum atomic E-state index is -0.688. The van der Waals surface area contributed by atoms with Crippen LogP contribution in [0.1, 0.15) is 33.9 Å². The van der Waals surface area contributed by atoms with Crippen molar-refractivity contribution in [1.29, 1.82) is 0 Å². The first-order chi connectivity index (χ1) is 18.5. The van der Waals surface area contributed by atoms with Gasteiger partial charge in [0.25, 0.3) is 11.8 Å². The Labute approximate surface area is 218 Å². The highest BCUT2D eigenvalue weighted by atomic mass is 19.1. The van der Waals surface area contributed by atoms with Gasteiger partial charge in [0, 0.05) is 25.6 Å². The van der Waals surface area contributed by atoms with E-state index in [1.165, 1.54) is 41.3 Å². The zero-order valence-corrected chi connectivity index (χ0v) is 20.6. The fourth-order valence-electron chi connectivity index (χ4n) is 4.47. The molecule has 2 aliphatic rings. The van der Waals surface area contributed by atoms with E-state index >= 15 is 0 Å². The van der Waals surface area contributed by atoms with E-state index in [0.717, 1.165) is 0 Å². The van der Waals surface area contributed by atoms with Crippen LogP contribution in [0, 0.1) is 11.6 Å². The van der Waals surface area contributed by atoms with Gasteiger partial charge in [0.2, 0.25) is 6.79 Å². The van der Waals surface area contributed by atoms with Crippen LogP contribution in [-0.2, 0) is 9.53 Å². The molecule has 0 aromatic heterocycles. The van der Waals surface area contributed by atoms with Gasteiger partial charge in [-0.15, -0.1) is 0 Å². The number of hydrogen-bond donors (Lipinski definition) is 0. The average molecular weight is 522 g/mol. The summed E-state index contributed by atoms with van der Waals surface area (Å²) in [7, 11) is 1.47. The Balaban J connectivity index is 1.46. The highest BCUT2D eigenvalue weighted by Crippen LogP contribution is 2.39. The fourth-order valence-corrected chi connectivity index (χ4v) is 4.47. The van der Waals surface area contributed by atoms with Crippen molar-refractivity contribution in [3.63, 3.8) is 0 Å². The highest BCUT2D eigenvalue weighted by Gasteiger charge is 2.36. The van der Waals surface area contributed by atoms with Crippen molar-refractivity contribution < 1.29 is 32.6 Å². The Morgan fingerprint density at radius 2 is 1.76 bits per heavy atom. The number of carbonyl (C=O) groups excluding carboxylic acids is 2. The molecule has 1 unspecified atom stereocenters. The minimum Gasteiger partial charge on any atom is -0.454 e. The van der Waals surface area contributed by atoms with Crippen LogP contribution in [0.25, 0.3) is 0 Å². The van der Waals surface area contributed by atoms with Crippen LogP contribution in [0.4, 0.5) is 8.78 Å². The molecule has 3 aromatic carbocycles. The van der Waals surface area contributed by atoms with Crippen LogP contribution < -0.4 is 9.47 Å². The second-order valence-corrected chi connectivity index (χ2v) is 8.80. The molecule has 1 atom stereocenters. The monoisotopic (exact) mass is 521 g/mol. The van der Waals surface area contributed by atoms with Crippen LogP contribution in [0.15, 0.2) is 71.8 Å². The molecule has 2 aliphatic heterocycles. The number of rotatable bonds is 8. The molecular formula is C28H25F2N3O5. The Morgan fingerprint density at radius 1 is 1.03 bits per heavy atom. The summed E-state index contributed by atoms with van der Waals surface area (Å²) in [6, 6.07) is 16.5. The number of hydrogen-bond acceptors (Lipinski definition) is 6. The summed E-state index contributed by atoms with van der Waals surface area (Å²) in [6.45, 7) is -0.0913. The number of ether oxygens (including phenoxy) is 3. The molecule has 0 fully saturated rings. The first-order valence-corrected chi connectivity index (χ1v) is 12.0. The molecule has 38 heavy (non-hydrogen) atoms. The molecule has 0 radical (unpaired) electrons. The first-order valence-electron chi connectivity index (χ1n) is 12.0. The van der Waals surface area contributed by atoms with Gasteiger partial charge in [0.15, 0.2) is 11.5 Å². The molecule has 8 nitrogen and oxygen atoms in total. The second kappa shape index (κ2) is 11.0. The summed E-state index contributed by atoms with van der Waals surface area (Å²) in [5.74, 6) is -1.19. The van der Waals surface area contributed by atoms with Crippen LogP contribution in [0.5, 0.6) is 11.5 Å². The van der Waals surface area contributed by atoms with Crippen LogP contribution in [0.3, 0.4) is 0 Å². The van der Waals surface area contributed by atoms with E-state index in [-0.39, 0.29) is 44.0 Å². The Bertz CT molecular complexity index is 1400. The van der Waals surface area contributed by atoms with E-state index < -0.39 is 29.5 Å². The van der Waals surface area contributed by atoms with Gasteiger partial charge in [-0.05, 0) is 35.9 Å². The number of hydrazone groups is 1. The normalized spacial score (nSPS) is 15.9. The Hall–Kier alpha value is -4.31. The molecule has 0 spiro atoms. The number of carbonyl (C=O) groups is 2. The average Bonchev–Trinajstić information content (AvgIpc) is 3.58. The standard InChI is InChI=1S/C28H25F2N3O5/c1-36-13-12-32(28(35)20-7-3-5-9-22(20)30)16-27(34)33-24(18-10-11-25-26(14-18)38-17-37-25)15-23(31-33)19-6-2-4-8-21(19)29/h2-11,14,24H,12-13,15-17H2,1H3. The summed E-state index contributed by atoms with van der Waals surface area (Å²) >= 11 is 0. The molecule has 196 valence electrons. The molecule has 3 aromatic rings. The van der Waals surface area contributed by atoms with Crippen molar-refractivity contribution in [1.82, 2.24) is 9.91 Å². The van der Waals surface area contributed by atoms with E-state index in [1.807, 2.05) is 0 Å². The van der Waals surface area contributed by atoms with Gasteiger partial charge in [-0.2, -0.15) is 5.10 Å².